The van der Waals surface area contributed by atoms with Gasteiger partial charge in [-0.2, -0.15) is 5.26 Å². The van der Waals surface area contributed by atoms with Crippen molar-refractivity contribution in [2.75, 3.05) is 0 Å². The van der Waals surface area contributed by atoms with Crippen LogP contribution in [0.3, 0.4) is 0 Å². The largest absolute Gasteiger partial charge is 0.459 e. The second-order valence-corrected chi connectivity index (χ2v) is 6.33. The topological polar surface area (TPSA) is 62.1 Å². The van der Waals surface area contributed by atoms with Gasteiger partial charge in [-0.15, -0.1) is 0 Å². The molecular formula is C15H26N2O2. The maximum absolute atomic E-state index is 12.1. The van der Waals surface area contributed by atoms with Crippen LogP contribution >= 0.6 is 0 Å². The molecule has 0 aromatic rings. The zero-order valence-corrected chi connectivity index (χ0v) is 12.7. The molecule has 1 saturated heterocycles. The summed E-state index contributed by atoms with van der Waals surface area (Å²) in [5.74, 6) is 0.112. The smallest absolute Gasteiger partial charge is 0.323 e. The molecule has 0 spiro atoms. The highest BCUT2D eigenvalue weighted by Crippen LogP contribution is 2.30. The second-order valence-electron chi connectivity index (χ2n) is 6.33. The highest BCUT2D eigenvalue weighted by Gasteiger charge is 2.41. The number of ether oxygens (including phenoxy) is 1. The first-order valence-electron chi connectivity index (χ1n) is 7.20. The average molecular weight is 266 g/mol. The van der Waals surface area contributed by atoms with Crippen molar-refractivity contribution in [3.8, 4) is 6.07 Å². The van der Waals surface area contributed by atoms with Gasteiger partial charge in [-0.25, -0.2) is 0 Å². The lowest BCUT2D eigenvalue weighted by Crippen LogP contribution is -2.42. The molecule has 1 rings (SSSR count). The number of carbonyl (C=O) groups excluding carboxylic acids is 1. The fourth-order valence-corrected chi connectivity index (χ4v) is 2.75. The molecule has 1 fully saturated rings. The van der Waals surface area contributed by atoms with Crippen LogP contribution in [0, 0.1) is 23.2 Å². The Bertz CT molecular complexity index is 350. The molecule has 4 nitrogen and oxygen atoms in total. The average Bonchev–Trinajstić information content (AvgIpc) is 2.73. The van der Waals surface area contributed by atoms with Gasteiger partial charge >= 0.3 is 5.97 Å². The molecule has 3 atom stereocenters. The SMILES string of the molecule is CCC(CC)C1NC(C(=O)OC(C)(C)C)CC1C#N. The van der Waals surface area contributed by atoms with Crippen LogP contribution in [0.1, 0.15) is 53.9 Å². The molecular weight excluding hydrogens is 240 g/mol. The molecule has 1 N–H and O–H groups in total. The fraction of sp³-hybridized carbons (Fsp3) is 0.867. The molecule has 1 aliphatic heterocycles. The zero-order valence-electron chi connectivity index (χ0n) is 12.7. The third kappa shape index (κ3) is 4.21. The van der Waals surface area contributed by atoms with E-state index in [-0.39, 0.29) is 24.0 Å². The molecule has 0 saturated carbocycles. The Hall–Kier alpha value is -1.08. The van der Waals surface area contributed by atoms with Crippen LogP contribution in [-0.2, 0) is 9.53 Å². The summed E-state index contributed by atoms with van der Waals surface area (Å²) in [5, 5.41) is 12.6. The van der Waals surface area contributed by atoms with Gasteiger partial charge in [0.25, 0.3) is 0 Å². The summed E-state index contributed by atoms with van der Waals surface area (Å²) in [6.45, 7) is 9.84. The van der Waals surface area contributed by atoms with Crippen molar-refractivity contribution in [3.05, 3.63) is 0 Å². The Morgan fingerprint density at radius 2 is 2.00 bits per heavy atom. The summed E-state index contributed by atoms with van der Waals surface area (Å²) in [6, 6.07) is 2.11. The van der Waals surface area contributed by atoms with Crippen LogP contribution < -0.4 is 5.32 Å². The number of nitrogens with zero attached hydrogens (tertiary/aromatic N) is 1. The Labute approximate surface area is 116 Å². The molecule has 0 aromatic carbocycles. The molecule has 0 radical (unpaired) electrons. The Morgan fingerprint density at radius 3 is 2.42 bits per heavy atom. The zero-order chi connectivity index (χ0) is 14.6. The summed E-state index contributed by atoms with van der Waals surface area (Å²) >= 11 is 0. The van der Waals surface area contributed by atoms with Crippen LogP contribution in [0.15, 0.2) is 0 Å². The first-order valence-corrected chi connectivity index (χ1v) is 7.20. The normalized spacial score (nSPS) is 27.3. The van der Waals surface area contributed by atoms with E-state index in [0.717, 1.165) is 12.8 Å². The standard InChI is InChI=1S/C15H26N2O2/c1-6-10(7-2)13-11(9-16)8-12(17-13)14(18)19-15(3,4)5/h10-13,17H,6-8H2,1-5H3. The fourth-order valence-electron chi connectivity index (χ4n) is 2.75. The van der Waals surface area contributed by atoms with Gasteiger partial charge in [0.05, 0.1) is 12.0 Å². The lowest BCUT2D eigenvalue weighted by Gasteiger charge is -2.25. The lowest BCUT2D eigenvalue weighted by atomic mass is 9.86. The number of esters is 1. The number of carbonyl (C=O) groups is 1. The minimum Gasteiger partial charge on any atom is -0.459 e. The highest BCUT2D eigenvalue weighted by molar-refractivity contribution is 5.76. The Balaban J connectivity index is 2.72. The van der Waals surface area contributed by atoms with E-state index < -0.39 is 5.60 Å². The number of nitriles is 1. The van der Waals surface area contributed by atoms with Gasteiger partial charge in [-0.3, -0.25) is 10.1 Å². The molecule has 0 bridgehead atoms. The first-order chi connectivity index (χ1) is 8.82. The maximum atomic E-state index is 12.1. The van der Waals surface area contributed by atoms with Crippen LogP contribution in [0.4, 0.5) is 0 Å². The van der Waals surface area contributed by atoms with Gasteiger partial charge in [0.2, 0.25) is 0 Å². The van der Waals surface area contributed by atoms with Gasteiger partial charge < -0.3 is 4.74 Å². The van der Waals surface area contributed by atoms with Crippen LogP contribution in [0.5, 0.6) is 0 Å². The number of hydrogen-bond donors (Lipinski definition) is 1. The van der Waals surface area contributed by atoms with E-state index in [1.54, 1.807) is 0 Å². The molecule has 1 aliphatic rings. The monoisotopic (exact) mass is 266 g/mol. The molecule has 0 aromatic heterocycles. The van der Waals surface area contributed by atoms with Crippen molar-refractivity contribution in [1.82, 2.24) is 5.32 Å². The minimum atomic E-state index is -0.478. The molecule has 4 heteroatoms. The predicted molar refractivity (Wildman–Crippen MR) is 74.3 cm³/mol. The van der Waals surface area contributed by atoms with Crippen molar-refractivity contribution in [1.29, 1.82) is 5.26 Å². The summed E-state index contributed by atoms with van der Waals surface area (Å²) in [6.07, 6.45) is 2.60. The highest BCUT2D eigenvalue weighted by atomic mass is 16.6. The third-order valence-electron chi connectivity index (χ3n) is 3.73. The predicted octanol–water partition coefficient (Wildman–Crippen LogP) is 2.63. The van der Waals surface area contributed by atoms with Gasteiger partial charge in [-0.05, 0) is 33.1 Å². The van der Waals surface area contributed by atoms with Crippen LogP contribution in [0.2, 0.25) is 0 Å². The van der Waals surface area contributed by atoms with E-state index >= 15 is 0 Å². The van der Waals surface area contributed by atoms with Gasteiger partial charge in [-0.1, -0.05) is 26.7 Å². The van der Waals surface area contributed by atoms with Gasteiger partial charge in [0, 0.05) is 6.04 Å². The van der Waals surface area contributed by atoms with Crippen molar-refractivity contribution < 1.29 is 9.53 Å². The van der Waals surface area contributed by atoms with E-state index in [0.29, 0.717) is 12.3 Å². The summed E-state index contributed by atoms with van der Waals surface area (Å²) < 4.78 is 5.40. The number of rotatable bonds is 4. The van der Waals surface area contributed by atoms with E-state index in [1.807, 2.05) is 20.8 Å². The van der Waals surface area contributed by atoms with Crippen molar-refractivity contribution in [3.63, 3.8) is 0 Å². The van der Waals surface area contributed by atoms with E-state index in [4.69, 9.17) is 4.74 Å². The quantitative estimate of drug-likeness (QED) is 0.795. The van der Waals surface area contributed by atoms with Crippen LogP contribution in [-0.4, -0.2) is 23.7 Å². The number of hydrogen-bond acceptors (Lipinski definition) is 4. The number of nitrogens with one attached hydrogen (secondary N) is 1. The third-order valence-corrected chi connectivity index (χ3v) is 3.73. The molecule has 3 unspecified atom stereocenters. The van der Waals surface area contributed by atoms with Gasteiger partial charge in [0.1, 0.15) is 11.6 Å². The molecule has 19 heavy (non-hydrogen) atoms. The Kier molecular flexibility index (Phi) is 5.37. The molecule has 1 heterocycles. The molecule has 0 amide bonds. The van der Waals surface area contributed by atoms with Crippen molar-refractivity contribution in [2.24, 2.45) is 11.8 Å². The summed E-state index contributed by atoms with van der Waals surface area (Å²) in [5.41, 5.74) is -0.478. The van der Waals surface area contributed by atoms with Crippen LogP contribution in [0.25, 0.3) is 0 Å². The van der Waals surface area contributed by atoms with E-state index in [9.17, 15) is 10.1 Å². The summed E-state index contributed by atoms with van der Waals surface area (Å²) in [7, 11) is 0. The lowest BCUT2D eigenvalue weighted by molar-refractivity contribution is -0.157. The molecule has 108 valence electrons. The minimum absolute atomic E-state index is 0.0950. The van der Waals surface area contributed by atoms with E-state index in [1.165, 1.54) is 0 Å². The second kappa shape index (κ2) is 6.38. The van der Waals surface area contributed by atoms with Crippen molar-refractivity contribution >= 4 is 5.97 Å². The summed E-state index contributed by atoms with van der Waals surface area (Å²) in [4.78, 5) is 12.1. The maximum Gasteiger partial charge on any atom is 0.323 e. The van der Waals surface area contributed by atoms with Gasteiger partial charge in [0.15, 0.2) is 0 Å². The Morgan fingerprint density at radius 1 is 1.42 bits per heavy atom. The van der Waals surface area contributed by atoms with Crippen molar-refractivity contribution in [2.45, 2.75) is 71.6 Å². The first kappa shape index (κ1) is 16.0. The van der Waals surface area contributed by atoms with E-state index in [2.05, 4.69) is 25.2 Å². The molecule has 0 aliphatic carbocycles.